The first-order valence-corrected chi connectivity index (χ1v) is 4.47. The van der Waals surface area contributed by atoms with Crippen LogP contribution in [0.3, 0.4) is 0 Å². The van der Waals surface area contributed by atoms with E-state index in [1.54, 1.807) is 0 Å². The summed E-state index contributed by atoms with van der Waals surface area (Å²) in [5, 5.41) is 0. The van der Waals surface area contributed by atoms with Crippen molar-refractivity contribution in [1.29, 1.82) is 0 Å². The van der Waals surface area contributed by atoms with Crippen LogP contribution in [0.5, 0.6) is 0 Å². The first kappa shape index (κ1) is 7.35. The summed E-state index contributed by atoms with van der Waals surface area (Å²) < 4.78 is 0. The van der Waals surface area contributed by atoms with E-state index in [9.17, 15) is 0 Å². The molecule has 0 aromatic heterocycles. The number of allylic oxidation sites excluding steroid dienone is 1. The first-order valence-electron chi connectivity index (χ1n) is 4.47. The third-order valence-electron chi connectivity index (χ3n) is 3.81. The summed E-state index contributed by atoms with van der Waals surface area (Å²) in [6, 6.07) is 0.329. The van der Waals surface area contributed by atoms with Crippen LogP contribution in [-0.4, -0.2) is 6.04 Å². The summed E-state index contributed by atoms with van der Waals surface area (Å²) in [4.78, 5) is 0. The molecule has 3 aliphatic rings. The Morgan fingerprint density at radius 1 is 1.55 bits per heavy atom. The molecule has 2 bridgehead atoms. The zero-order valence-electron chi connectivity index (χ0n) is 7.59. The van der Waals surface area contributed by atoms with Crippen LogP contribution in [0.2, 0.25) is 0 Å². The number of hydrogen-bond donors (Lipinski definition) is 1. The van der Waals surface area contributed by atoms with Gasteiger partial charge in [0.2, 0.25) is 0 Å². The highest BCUT2D eigenvalue weighted by Gasteiger charge is 2.53. The summed E-state index contributed by atoms with van der Waals surface area (Å²) >= 11 is 0. The molecule has 3 atom stereocenters. The minimum absolute atomic E-state index is 0.329. The lowest BCUT2D eigenvalue weighted by Crippen LogP contribution is -2.56. The monoisotopic (exact) mass is 151 g/mol. The van der Waals surface area contributed by atoms with Crippen molar-refractivity contribution in [2.24, 2.45) is 23.0 Å². The van der Waals surface area contributed by atoms with Crippen molar-refractivity contribution < 1.29 is 0 Å². The van der Waals surface area contributed by atoms with E-state index in [1.165, 1.54) is 12.0 Å². The third kappa shape index (κ3) is 0.750. The largest absolute Gasteiger partial charge is 0.324 e. The Balaban J connectivity index is 2.34. The summed E-state index contributed by atoms with van der Waals surface area (Å²) in [5.74, 6) is 1.57. The van der Waals surface area contributed by atoms with E-state index in [4.69, 9.17) is 5.73 Å². The van der Waals surface area contributed by atoms with Crippen LogP contribution >= 0.6 is 0 Å². The number of hydrogen-bond acceptors (Lipinski definition) is 1. The van der Waals surface area contributed by atoms with Crippen molar-refractivity contribution in [2.75, 3.05) is 0 Å². The van der Waals surface area contributed by atoms with Gasteiger partial charge in [-0.05, 0) is 30.6 Å². The normalized spacial score (nSPS) is 46.2. The Kier molecular flexibility index (Phi) is 1.26. The topological polar surface area (TPSA) is 26.0 Å². The fraction of sp³-hybridized carbons (Fsp3) is 0.800. The van der Waals surface area contributed by atoms with Gasteiger partial charge in [-0.1, -0.05) is 25.5 Å². The molecule has 2 N–H and O–H groups in total. The fourth-order valence-corrected chi connectivity index (χ4v) is 2.92. The van der Waals surface area contributed by atoms with E-state index in [0.29, 0.717) is 11.5 Å². The zero-order valence-corrected chi connectivity index (χ0v) is 7.59. The minimum Gasteiger partial charge on any atom is -0.324 e. The van der Waals surface area contributed by atoms with E-state index >= 15 is 0 Å². The van der Waals surface area contributed by atoms with Crippen LogP contribution < -0.4 is 5.73 Å². The smallest absolute Gasteiger partial charge is 0.0260 e. The van der Waals surface area contributed by atoms with Crippen molar-refractivity contribution in [2.45, 2.75) is 33.2 Å². The molecular weight excluding hydrogens is 134 g/mol. The van der Waals surface area contributed by atoms with Gasteiger partial charge in [-0.3, -0.25) is 0 Å². The van der Waals surface area contributed by atoms with E-state index in [0.717, 1.165) is 11.8 Å². The van der Waals surface area contributed by atoms with Crippen molar-refractivity contribution in [3.05, 3.63) is 11.6 Å². The molecule has 0 aromatic rings. The zero-order chi connectivity index (χ0) is 8.22. The van der Waals surface area contributed by atoms with Gasteiger partial charge >= 0.3 is 0 Å². The predicted molar refractivity (Wildman–Crippen MR) is 47.1 cm³/mol. The van der Waals surface area contributed by atoms with Gasteiger partial charge in [0.05, 0.1) is 0 Å². The number of nitrogens with two attached hydrogens (primary N) is 1. The molecule has 62 valence electrons. The molecular formula is C10H17N. The maximum absolute atomic E-state index is 6.01. The highest BCUT2D eigenvalue weighted by molar-refractivity contribution is 5.25. The van der Waals surface area contributed by atoms with E-state index < -0.39 is 0 Å². The fourth-order valence-electron chi connectivity index (χ4n) is 2.92. The first-order chi connectivity index (χ1) is 5.03. The van der Waals surface area contributed by atoms with Crippen LogP contribution in [0.15, 0.2) is 11.6 Å². The van der Waals surface area contributed by atoms with Crippen LogP contribution in [0.1, 0.15) is 27.2 Å². The molecule has 3 aliphatic carbocycles. The van der Waals surface area contributed by atoms with Gasteiger partial charge in [0, 0.05) is 6.04 Å². The Bertz CT molecular complexity index is 215. The van der Waals surface area contributed by atoms with Crippen LogP contribution in [0, 0.1) is 17.3 Å². The minimum atomic E-state index is 0.329. The van der Waals surface area contributed by atoms with Crippen LogP contribution in [0.4, 0.5) is 0 Å². The molecule has 0 amide bonds. The molecule has 1 heteroatoms. The lowest BCUT2D eigenvalue weighted by molar-refractivity contribution is -0.0170. The standard InChI is InChI=1S/C10H17N/c1-6-4-9(11)8-5-7(6)10(8,2)3/h4,7-9H,5,11H2,1-3H3/t7-,8+,9-/m0/s1. The molecule has 0 aliphatic heterocycles. The second-order valence-corrected chi connectivity index (χ2v) is 4.70. The van der Waals surface area contributed by atoms with Gasteiger partial charge in [0.15, 0.2) is 0 Å². The van der Waals surface area contributed by atoms with Gasteiger partial charge in [0.1, 0.15) is 0 Å². The van der Waals surface area contributed by atoms with E-state index in [-0.39, 0.29) is 0 Å². The predicted octanol–water partition coefficient (Wildman–Crippen LogP) is 1.94. The van der Waals surface area contributed by atoms with Gasteiger partial charge in [-0.15, -0.1) is 0 Å². The molecule has 1 nitrogen and oxygen atoms in total. The second-order valence-electron chi connectivity index (χ2n) is 4.70. The maximum Gasteiger partial charge on any atom is 0.0260 e. The highest BCUT2D eigenvalue weighted by atomic mass is 14.7. The van der Waals surface area contributed by atoms with Crippen LogP contribution in [-0.2, 0) is 0 Å². The quantitative estimate of drug-likeness (QED) is 0.526. The second kappa shape index (κ2) is 1.89. The maximum atomic E-state index is 6.01. The van der Waals surface area contributed by atoms with Crippen molar-refractivity contribution in [3.63, 3.8) is 0 Å². The SMILES string of the molecule is CC1=C[C@H](N)[C@H]2C[C@@H]1C2(C)C. The molecule has 11 heavy (non-hydrogen) atoms. The third-order valence-corrected chi connectivity index (χ3v) is 3.81. The average Bonchev–Trinajstić information content (AvgIpc) is 1.84. The van der Waals surface area contributed by atoms with Crippen molar-refractivity contribution in [1.82, 2.24) is 0 Å². The molecule has 0 heterocycles. The summed E-state index contributed by atoms with van der Waals surface area (Å²) in [7, 11) is 0. The van der Waals surface area contributed by atoms with E-state index in [2.05, 4.69) is 26.8 Å². The molecule has 0 unspecified atom stereocenters. The van der Waals surface area contributed by atoms with Gasteiger partial charge in [-0.2, -0.15) is 0 Å². The van der Waals surface area contributed by atoms with Crippen molar-refractivity contribution >= 4 is 0 Å². The molecule has 0 aromatic carbocycles. The Labute approximate surface area is 68.7 Å². The summed E-state index contributed by atoms with van der Waals surface area (Å²) in [6.45, 7) is 6.92. The highest BCUT2D eigenvalue weighted by Crippen LogP contribution is 2.58. The molecule has 0 saturated heterocycles. The Morgan fingerprint density at radius 3 is 2.55 bits per heavy atom. The Hall–Kier alpha value is -0.300. The molecule has 3 rings (SSSR count). The Morgan fingerprint density at radius 2 is 2.18 bits per heavy atom. The average molecular weight is 151 g/mol. The number of rotatable bonds is 0. The van der Waals surface area contributed by atoms with E-state index in [1.807, 2.05) is 0 Å². The summed E-state index contributed by atoms with van der Waals surface area (Å²) in [6.07, 6.45) is 3.58. The van der Waals surface area contributed by atoms with Gasteiger partial charge < -0.3 is 5.73 Å². The molecule has 0 spiro atoms. The van der Waals surface area contributed by atoms with Gasteiger partial charge in [0.25, 0.3) is 0 Å². The van der Waals surface area contributed by atoms with Gasteiger partial charge in [-0.25, -0.2) is 0 Å². The van der Waals surface area contributed by atoms with Crippen molar-refractivity contribution in [3.8, 4) is 0 Å². The lowest BCUT2D eigenvalue weighted by atomic mass is 9.48. The number of fused-ring (bicyclic) bond motifs is 1. The lowest BCUT2D eigenvalue weighted by Gasteiger charge is -2.58. The summed E-state index contributed by atoms with van der Waals surface area (Å²) in [5.41, 5.74) is 8.01. The molecule has 1 saturated carbocycles. The van der Waals surface area contributed by atoms with Crippen LogP contribution in [0.25, 0.3) is 0 Å². The molecule has 0 radical (unpaired) electrons. The molecule has 1 fully saturated rings.